The molecule has 4 rings (SSSR count). The summed E-state index contributed by atoms with van der Waals surface area (Å²) in [5, 5.41) is 4.64. The molecule has 0 amide bonds. The van der Waals surface area contributed by atoms with Gasteiger partial charge in [-0.05, 0) is 63.8 Å². The molecule has 0 N–H and O–H groups in total. The van der Waals surface area contributed by atoms with Crippen LogP contribution in [0.2, 0.25) is 0 Å². The number of hydrogen-bond acceptors (Lipinski definition) is 5. The van der Waals surface area contributed by atoms with Crippen LogP contribution in [-0.4, -0.2) is 60.6 Å². The lowest BCUT2D eigenvalue weighted by atomic mass is 9.89. The first-order valence-electron chi connectivity index (χ1n) is 10.8. The average molecular weight is 431 g/mol. The van der Waals surface area contributed by atoms with Gasteiger partial charge in [-0.15, -0.1) is 0 Å². The Morgan fingerprint density at radius 2 is 1.70 bits per heavy atom. The molecule has 2 heterocycles. The molecule has 0 spiro atoms. The number of likely N-dealkylation sites (N-methyl/N-ethyl adjacent to an activating group) is 1. The van der Waals surface area contributed by atoms with Crippen LogP contribution in [-0.2, 0) is 29.4 Å². The smallest absolute Gasteiger partial charge is 0.270 e. The normalized spacial score (nSPS) is 18.4. The van der Waals surface area contributed by atoms with Crippen LogP contribution < -0.4 is 5.56 Å². The minimum absolute atomic E-state index is 0.00616. The van der Waals surface area contributed by atoms with E-state index in [1.165, 1.54) is 4.68 Å². The van der Waals surface area contributed by atoms with Crippen molar-refractivity contribution < 1.29 is 8.42 Å². The third-order valence-corrected chi connectivity index (χ3v) is 8.35. The molecular weight excluding hydrogens is 400 g/mol. The fraction of sp³-hybridized carbons (Fsp3) is 0.545. The molecule has 1 saturated heterocycles. The van der Waals surface area contributed by atoms with E-state index < -0.39 is 10.0 Å². The van der Waals surface area contributed by atoms with E-state index in [0.717, 1.165) is 66.7 Å². The summed E-state index contributed by atoms with van der Waals surface area (Å²) in [6.07, 6.45) is 3.61. The number of hydrogen-bond donors (Lipinski definition) is 0. The van der Waals surface area contributed by atoms with Crippen molar-refractivity contribution in [3.63, 3.8) is 0 Å². The number of piperazine rings is 1. The van der Waals surface area contributed by atoms with Gasteiger partial charge in [0.2, 0.25) is 10.0 Å². The molecule has 0 bridgehead atoms. The Kier molecular flexibility index (Phi) is 5.83. The fourth-order valence-corrected chi connectivity index (χ4v) is 6.10. The monoisotopic (exact) mass is 430 g/mol. The second-order valence-corrected chi connectivity index (χ2v) is 10.2. The molecule has 30 heavy (non-hydrogen) atoms. The van der Waals surface area contributed by atoms with Gasteiger partial charge in [-0.25, -0.2) is 13.1 Å². The van der Waals surface area contributed by atoms with Crippen molar-refractivity contribution in [1.29, 1.82) is 0 Å². The Hall–Kier alpha value is -2.03. The standard InChI is InChI=1S/C22H30N4O3S/c1-4-26-22(27)19-8-6-5-7-18(19)21(23-26)17-10-9-16(2)20(15-17)30(28,29)25-13-11-24(3)12-14-25/h9-10,15H,4-8,11-14H2,1-3H3. The maximum Gasteiger partial charge on any atom is 0.270 e. The molecule has 1 aromatic carbocycles. The molecular formula is C22H30N4O3S. The quantitative estimate of drug-likeness (QED) is 0.742. The Bertz CT molecular complexity index is 1120. The molecule has 1 fully saturated rings. The van der Waals surface area contributed by atoms with Gasteiger partial charge in [0, 0.05) is 43.9 Å². The molecule has 0 radical (unpaired) electrons. The lowest BCUT2D eigenvalue weighted by Crippen LogP contribution is -2.47. The lowest BCUT2D eigenvalue weighted by molar-refractivity contribution is 0.222. The predicted molar refractivity (Wildman–Crippen MR) is 117 cm³/mol. The van der Waals surface area contributed by atoms with E-state index in [9.17, 15) is 13.2 Å². The zero-order valence-corrected chi connectivity index (χ0v) is 18.8. The molecule has 1 aliphatic heterocycles. The van der Waals surface area contributed by atoms with E-state index in [1.54, 1.807) is 10.4 Å². The average Bonchev–Trinajstić information content (AvgIpc) is 2.75. The van der Waals surface area contributed by atoms with Crippen molar-refractivity contribution in [3.05, 3.63) is 45.2 Å². The van der Waals surface area contributed by atoms with Crippen LogP contribution >= 0.6 is 0 Å². The minimum atomic E-state index is -3.58. The van der Waals surface area contributed by atoms with Gasteiger partial charge in [-0.1, -0.05) is 12.1 Å². The second kappa shape index (κ2) is 8.24. The highest BCUT2D eigenvalue weighted by atomic mass is 32.2. The predicted octanol–water partition coefficient (Wildman–Crippen LogP) is 2.05. The number of aromatic nitrogens is 2. The highest BCUT2D eigenvalue weighted by Gasteiger charge is 2.30. The van der Waals surface area contributed by atoms with Crippen LogP contribution in [0.1, 0.15) is 36.5 Å². The summed E-state index contributed by atoms with van der Waals surface area (Å²) in [5.74, 6) is 0. The number of nitrogens with zero attached hydrogens (tertiary/aromatic N) is 4. The van der Waals surface area contributed by atoms with Gasteiger partial charge in [-0.2, -0.15) is 9.40 Å². The van der Waals surface area contributed by atoms with Gasteiger partial charge in [0.25, 0.3) is 5.56 Å². The zero-order valence-electron chi connectivity index (χ0n) is 18.0. The Morgan fingerprint density at radius 1 is 1.03 bits per heavy atom. The third-order valence-electron chi connectivity index (χ3n) is 6.31. The molecule has 7 nitrogen and oxygen atoms in total. The van der Waals surface area contributed by atoms with E-state index in [1.807, 2.05) is 33.0 Å². The summed E-state index contributed by atoms with van der Waals surface area (Å²) in [6, 6.07) is 5.54. The van der Waals surface area contributed by atoms with Crippen molar-refractivity contribution in [1.82, 2.24) is 19.0 Å². The SMILES string of the molecule is CCn1nc(-c2ccc(C)c(S(=O)(=O)N3CCN(C)CC3)c2)c2c(c1=O)CCCC2. The lowest BCUT2D eigenvalue weighted by Gasteiger charge is -2.32. The molecule has 1 aliphatic carbocycles. The maximum atomic E-state index is 13.4. The number of fused-ring (bicyclic) bond motifs is 1. The van der Waals surface area contributed by atoms with Crippen LogP contribution in [0.15, 0.2) is 27.9 Å². The van der Waals surface area contributed by atoms with Crippen molar-refractivity contribution in [2.45, 2.75) is 51.0 Å². The summed E-state index contributed by atoms with van der Waals surface area (Å²) in [5.41, 5.74) is 4.08. The van der Waals surface area contributed by atoms with Gasteiger partial charge in [0.05, 0.1) is 10.6 Å². The maximum absolute atomic E-state index is 13.4. The topological polar surface area (TPSA) is 75.5 Å². The van der Waals surface area contributed by atoms with Crippen molar-refractivity contribution in [2.24, 2.45) is 0 Å². The Morgan fingerprint density at radius 3 is 2.37 bits per heavy atom. The Labute approximate surface area is 178 Å². The highest BCUT2D eigenvalue weighted by Crippen LogP contribution is 2.31. The molecule has 162 valence electrons. The molecule has 1 aromatic heterocycles. The number of benzene rings is 1. The van der Waals surface area contributed by atoms with E-state index in [4.69, 9.17) is 0 Å². The summed E-state index contributed by atoms with van der Waals surface area (Å²) in [7, 11) is -1.57. The van der Waals surface area contributed by atoms with Gasteiger partial charge in [0.1, 0.15) is 0 Å². The van der Waals surface area contributed by atoms with Crippen molar-refractivity contribution in [2.75, 3.05) is 33.2 Å². The first kappa shape index (κ1) is 21.2. The van der Waals surface area contributed by atoms with Gasteiger partial charge in [0.15, 0.2) is 0 Å². The van der Waals surface area contributed by atoms with Crippen LogP contribution in [0.25, 0.3) is 11.3 Å². The van der Waals surface area contributed by atoms with Gasteiger partial charge < -0.3 is 4.90 Å². The van der Waals surface area contributed by atoms with Crippen LogP contribution in [0, 0.1) is 6.92 Å². The molecule has 0 atom stereocenters. The van der Waals surface area contributed by atoms with Crippen LogP contribution in [0.5, 0.6) is 0 Å². The molecule has 0 unspecified atom stereocenters. The number of aryl methyl sites for hydroxylation is 2. The minimum Gasteiger partial charge on any atom is -0.304 e. The van der Waals surface area contributed by atoms with Crippen LogP contribution in [0.3, 0.4) is 0 Å². The van der Waals surface area contributed by atoms with E-state index in [-0.39, 0.29) is 5.56 Å². The van der Waals surface area contributed by atoms with E-state index in [0.29, 0.717) is 24.5 Å². The summed E-state index contributed by atoms with van der Waals surface area (Å²) in [6.45, 7) is 6.70. The fourth-order valence-electron chi connectivity index (χ4n) is 4.42. The van der Waals surface area contributed by atoms with Gasteiger partial charge >= 0.3 is 0 Å². The third kappa shape index (κ3) is 3.72. The molecule has 0 saturated carbocycles. The van der Waals surface area contributed by atoms with Crippen molar-refractivity contribution in [3.8, 4) is 11.3 Å². The second-order valence-electron chi connectivity index (χ2n) is 8.32. The number of sulfonamides is 1. The molecule has 8 heteroatoms. The van der Waals surface area contributed by atoms with Crippen LogP contribution in [0.4, 0.5) is 0 Å². The van der Waals surface area contributed by atoms with Crippen molar-refractivity contribution >= 4 is 10.0 Å². The molecule has 2 aromatic rings. The zero-order chi connectivity index (χ0) is 21.5. The molecule has 2 aliphatic rings. The van der Waals surface area contributed by atoms with E-state index >= 15 is 0 Å². The summed E-state index contributed by atoms with van der Waals surface area (Å²) < 4.78 is 29.9. The van der Waals surface area contributed by atoms with Gasteiger partial charge in [-0.3, -0.25) is 4.79 Å². The summed E-state index contributed by atoms with van der Waals surface area (Å²) >= 11 is 0. The number of rotatable bonds is 4. The highest BCUT2D eigenvalue weighted by molar-refractivity contribution is 7.89. The first-order chi connectivity index (χ1) is 14.3. The first-order valence-corrected chi connectivity index (χ1v) is 12.2. The Balaban J connectivity index is 1.82. The largest absolute Gasteiger partial charge is 0.304 e. The summed E-state index contributed by atoms with van der Waals surface area (Å²) in [4.78, 5) is 15.2. The van der Waals surface area contributed by atoms with E-state index in [2.05, 4.69) is 10.00 Å².